The van der Waals surface area contributed by atoms with Crippen LogP contribution in [0.5, 0.6) is 0 Å². The number of amides is 1. The molecule has 0 aliphatic carbocycles. The van der Waals surface area contributed by atoms with E-state index in [0.29, 0.717) is 23.8 Å². The van der Waals surface area contributed by atoms with Gasteiger partial charge in [-0.05, 0) is 44.5 Å². The molecule has 0 unspecified atom stereocenters. The molecule has 6 nitrogen and oxygen atoms in total. The number of anilines is 1. The van der Waals surface area contributed by atoms with Gasteiger partial charge >= 0.3 is 0 Å². The van der Waals surface area contributed by atoms with Crippen LogP contribution in [0.25, 0.3) is 0 Å². The van der Waals surface area contributed by atoms with Gasteiger partial charge in [-0.3, -0.25) is 4.79 Å². The van der Waals surface area contributed by atoms with Crippen molar-refractivity contribution in [1.29, 1.82) is 0 Å². The summed E-state index contributed by atoms with van der Waals surface area (Å²) in [4.78, 5) is 16.5. The summed E-state index contributed by atoms with van der Waals surface area (Å²) >= 11 is 0. The van der Waals surface area contributed by atoms with Crippen LogP contribution in [0.3, 0.4) is 0 Å². The Balaban J connectivity index is 1.93. The highest BCUT2D eigenvalue weighted by Gasteiger charge is 2.18. The summed E-state index contributed by atoms with van der Waals surface area (Å²) in [6.07, 6.45) is 0.876. The van der Waals surface area contributed by atoms with Gasteiger partial charge in [0, 0.05) is 22.7 Å². The Bertz CT molecular complexity index is 675. The number of nitrogens with one attached hydrogen (secondary N) is 2. The molecule has 0 bridgehead atoms. The number of aromatic nitrogens is 2. The summed E-state index contributed by atoms with van der Waals surface area (Å²) < 4.78 is 5.19. The summed E-state index contributed by atoms with van der Waals surface area (Å²) in [6, 6.07) is 7.34. The number of nitrogens with zero attached hydrogens (tertiary/aromatic N) is 2. The highest BCUT2D eigenvalue weighted by atomic mass is 16.5. The van der Waals surface area contributed by atoms with Crippen LogP contribution in [0.1, 0.15) is 69.0 Å². The second kappa shape index (κ2) is 7.47. The molecule has 6 heteroatoms. The lowest BCUT2D eigenvalue weighted by Gasteiger charge is -2.24. The molecular weight excluding hydrogens is 304 g/mol. The number of carbonyl (C=O) groups excluding carboxylic acids is 1. The van der Waals surface area contributed by atoms with E-state index in [1.807, 2.05) is 39.8 Å². The van der Waals surface area contributed by atoms with Crippen LogP contribution in [-0.4, -0.2) is 21.6 Å². The predicted octanol–water partition coefficient (Wildman–Crippen LogP) is 3.72. The average Bonchev–Trinajstić information content (AvgIpc) is 3.02. The monoisotopic (exact) mass is 330 g/mol. The minimum atomic E-state index is -0.208. The number of rotatable bonds is 7. The quantitative estimate of drug-likeness (QED) is 0.808. The lowest BCUT2D eigenvalue weighted by atomic mass is 10.0. The van der Waals surface area contributed by atoms with Crippen molar-refractivity contribution in [3.05, 3.63) is 41.5 Å². The lowest BCUT2D eigenvalue weighted by Crippen LogP contribution is -2.42. The van der Waals surface area contributed by atoms with Crippen molar-refractivity contribution in [3.63, 3.8) is 0 Å². The molecule has 2 aromatic rings. The van der Waals surface area contributed by atoms with Crippen LogP contribution in [-0.2, 0) is 6.54 Å². The fourth-order valence-corrected chi connectivity index (χ4v) is 1.96. The number of hydrogen-bond donors (Lipinski definition) is 2. The van der Waals surface area contributed by atoms with Gasteiger partial charge in [-0.2, -0.15) is 4.98 Å². The van der Waals surface area contributed by atoms with E-state index in [1.54, 1.807) is 12.1 Å². The first-order valence-electron chi connectivity index (χ1n) is 8.29. The van der Waals surface area contributed by atoms with Gasteiger partial charge in [-0.25, -0.2) is 0 Å². The third kappa shape index (κ3) is 4.81. The van der Waals surface area contributed by atoms with Gasteiger partial charge in [0.1, 0.15) is 0 Å². The van der Waals surface area contributed by atoms with Crippen molar-refractivity contribution in [2.75, 3.05) is 5.32 Å². The second-order valence-electron chi connectivity index (χ2n) is 6.82. The van der Waals surface area contributed by atoms with Crippen LogP contribution in [0.2, 0.25) is 0 Å². The second-order valence-corrected chi connectivity index (χ2v) is 6.82. The minimum Gasteiger partial charge on any atom is -0.376 e. The minimum absolute atomic E-state index is 0.0631. The van der Waals surface area contributed by atoms with Gasteiger partial charge in [0.25, 0.3) is 5.91 Å². The van der Waals surface area contributed by atoms with E-state index in [0.717, 1.165) is 12.1 Å². The molecule has 0 saturated heterocycles. The summed E-state index contributed by atoms with van der Waals surface area (Å²) in [6.45, 7) is 10.6. The highest BCUT2D eigenvalue weighted by molar-refractivity contribution is 5.94. The maximum Gasteiger partial charge on any atom is 0.251 e. The molecule has 0 fully saturated rings. The van der Waals surface area contributed by atoms with Gasteiger partial charge in [0.05, 0.1) is 6.54 Å². The smallest absolute Gasteiger partial charge is 0.251 e. The van der Waals surface area contributed by atoms with Crippen molar-refractivity contribution < 1.29 is 9.32 Å². The van der Waals surface area contributed by atoms with E-state index in [9.17, 15) is 4.79 Å². The Hall–Kier alpha value is -2.37. The zero-order valence-electron chi connectivity index (χ0n) is 15.0. The molecule has 2 N–H and O–H groups in total. The van der Waals surface area contributed by atoms with Crippen molar-refractivity contribution in [1.82, 2.24) is 15.5 Å². The molecule has 1 heterocycles. The predicted molar refractivity (Wildman–Crippen MR) is 94.0 cm³/mol. The van der Waals surface area contributed by atoms with Crippen LogP contribution in [0.4, 0.5) is 5.69 Å². The van der Waals surface area contributed by atoms with E-state index in [2.05, 4.69) is 27.7 Å². The van der Waals surface area contributed by atoms with Gasteiger partial charge < -0.3 is 15.2 Å². The molecule has 0 saturated carbocycles. The molecule has 0 atom stereocenters. The maximum absolute atomic E-state index is 12.2. The van der Waals surface area contributed by atoms with Gasteiger partial charge in [0.15, 0.2) is 5.82 Å². The third-order valence-electron chi connectivity index (χ3n) is 3.93. The van der Waals surface area contributed by atoms with Crippen LogP contribution in [0.15, 0.2) is 28.8 Å². The Morgan fingerprint density at radius 1 is 1.25 bits per heavy atom. The maximum atomic E-state index is 12.2. The SMILES string of the molecule is CCC(C)(C)NC(=O)c1ccc(NCc2nc(C(C)C)no2)cc1. The molecule has 24 heavy (non-hydrogen) atoms. The molecule has 130 valence electrons. The van der Waals surface area contributed by atoms with Crippen molar-refractivity contribution in [2.24, 2.45) is 0 Å². The van der Waals surface area contributed by atoms with Crippen molar-refractivity contribution >= 4 is 11.6 Å². The summed E-state index contributed by atoms with van der Waals surface area (Å²) in [5.74, 6) is 1.43. The Labute approximate surface area is 143 Å². The first-order valence-corrected chi connectivity index (χ1v) is 8.29. The fraction of sp³-hybridized carbons (Fsp3) is 0.500. The Kier molecular flexibility index (Phi) is 5.59. The Morgan fingerprint density at radius 3 is 2.46 bits per heavy atom. The van der Waals surface area contributed by atoms with Crippen LogP contribution < -0.4 is 10.6 Å². The van der Waals surface area contributed by atoms with E-state index < -0.39 is 0 Å². The molecule has 0 aliphatic rings. The van der Waals surface area contributed by atoms with Gasteiger partial charge in [0.2, 0.25) is 5.89 Å². The topological polar surface area (TPSA) is 80.0 Å². The molecule has 1 amide bonds. The normalized spacial score (nSPS) is 11.6. The summed E-state index contributed by atoms with van der Waals surface area (Å²) in [5, 5.41) is 10.2. The number of hydrogen-bond acceptors (Lipinski definition) is 5. The zero-order chi connectivity index (χ0) is 17.7. The molecule has 0 spiro atoms. The fourth-order valence-electron chi connectivity index (χ4n) is 1.96. The lowest BCUT2D eigenvalue weighted by molar-refractivity contribution is 0.0911. The molecular formula is C18H26N4O2. The third-order valence-corrected chi connectivity index (χ3v) is 3.93. The molecule has 2 rings (SSSR count). The van der Waals surface area contributed by atoms with Crippen LogP contribution >= 0.6 is 0 Å². The van der Waals surface area contributed by atoms with Gasteiger partial charge in [-0.15, -0.1) is 0 Å². The average molecular weight is 330 g/mol. The Morgan fingerprint density at radius 2 is 1.92 bits per heavy atom. The summed E-state index contributed by atoms with van der Waals surface area (Å²) in [5.41, 5.74) is 1.33. The molecule has 0 aliphatic heterocycles. The van der Waals surface area contributed by atoms with Gasteiger partial charge in [-0.1, -0.05) is 25.9 Å². The molecule has 1 aromatic heterocycles. The largest absolute Gasteiger partial charge is 0.376 e. The standard InChI is InChI=1S/C18H26N4O2/c1-6-18(4,5)21-17(23)13-7-9-14(10-8-13)19-11-15-20-16(12(2)3)22-24-15/h7-10,12,19H,6,11H2,1-5H3,(H,21,23). The number of benzene rings is 1. The number of carbonyl (C=O) groups is 1. The highest BCUT2D eigenvalue weighted by Crippen LogP contribution is 2.14. The van der Waals surface area contributed by atoms with E-state index in [4.69, 9.17) is 4.52 Å². The first kappa shape index (κ1) is 18.0. The van der Waals surface area contributed by atoms with Crippen molar-refractivity contribution in [3.8, 4) is 0 Å². The zero-order valence-corrected chi connectivity index (χ0v) is 15.0. The first-order chi connectivity index (χ1) is 11.3. The van der Waals surface area contributed by atoms with E-state index in [-0.39, 0.29) is 17.4 Å². The van der Waals surface area contributed by atoms with E-state index >= 15 is 0 Å². The molecule has 1 aromatic carbocycles. The van der Waals surface area contributed by atoms with Crippen molar-refractivity contribution in [2.45, 2.75) is 59.0 Å². The molecule has 0 radical (unpaired) electrons. The van der Waals surface area contributed by atoms with Crippen LogP contribution in [0, 0.1) is 0 Å². The van der Waals surface area contributed by atoms with E-state index in [1.165, 1.54) is 0 Å². The summed E-state index contributed by atoms with van der Waals surface area (Å²) in [7, 11) is 0.